The second-order valence-electron chi connectivity index (χ2n) is 7.05. The number of hydrogen-bond donors (Lipinski definition) is 2. The van der Waals surface area contributed by atoms with Crippen molar-refractivity contribution in [2.24, 2.45) is 0 Å². The maximum absolute atomic E-state index is 12.7. The van der Waals surface area contributed by atoms with Crippen LogP contribution in [0.2, 0.25) is 0 Å². The van der Waals surface area contributed by atoms with E-state index in [2.05, 4.69) is 26.6 Å². The van der Waals surface area contributed by atoms with Crippen LogP contribution in [0.5, 0.6) is 0 Å². The SMILES string of the molecule is Cc1cc(Br)ccc1NC(=O)CN(C)C(=O)c1ccc(N2CCNC2=O)c(C)c1. The first-order valence-electron chi connectivity index (χ1n) is 9.24. The number of urea groups is 1. The van der Waals surface area contributed by atoms with Crippen LogP contribution >= 0.6 is 15.9 Å². The number of halogens is 1. The lowest BCUT2D eigenvalue weighted by Gasteiger charge is -2.20. The van der Waals surface area contributed by atoms with Crippen LogP contribution in [0.25, 0.3) is 0 Å². The molecule has 0 unspecified atom stereocenters. The Balaban J connectivity index is 1.65. The lowest BCUT2D eigenvalue weighted by Crippen LogP contribution is -2.35. The van der Waals surface area contributed by atoms with Gasteiger partial charge in [-0.25, -0.2) is 4.79 Å². The summed E-state index contributed by atoms with van der Waals surface area (Å²) in [5, 5.41) is 5.60. The highest BCUT2D eigenvalue weighted by Gasteiger charge is 2.23. The topological polar surface area (TPSA) is 81.8 Å². The van der Waals surface area contributed by atoms with Gasteiger partial charge in [-0.05, 0) is 61.4 Å². The Morgan fingerprint density at radius 3 is 2.55 bits per heavy atom. The van der Waals surface area contributed by atoms with Crippen LogP contribution in [0.15, 0.2) is 40.9 Å². The van der Waals surface area contributed by atoms with E-state index in [0.717, 1.165) is 21.3 Å². The van der Waals surface area contributed by atoms with E-state index in [9.17, 15) is 14.4 Å². The molecule has 1 fully saturated rings. The van der Waals surface area contributed by atoms with Crippen molar-refractivity contribution in [2.45, 2.75) is 13.8 Å². The predicted molar refractivity (Wildman–Crippen MR) is 116 cm³/mol. The van der Waals surface area contributed by atoms with Crippen molar-refractivity contribution in [1.82, 2.24) is 10.2 Å². The van der Waals surface area contributed by atoms with Crippen LogP contribution in [0.3, 0.4) is 0 Å². The molecule has 0 spiro atoms. The van der Waals surface area contributed by atoms with Crippen molar-refractivity contribution >= 4 is 45.2 Å². The Bertz CT molecular complexity index is 976. The van der Waals surface area contributed by atoms with Crippen molar-refractivity contribution in [3.05, 3.63) is 57.6 Å². The predicted octanol–water partition coefficient (Wildman–Crippen LogP) is 3.31. The summed E-state index contributed by atoms with van der Waals surface area (Å²) in [6.07, 6.45) is 0. The van der Waals surface area contributed by atoms with Crippen molar-refractivity contribution in [1.29, 1.82) is 0 Å². The molecule has 0 bridgehead atoms. The molecular formula is C21H23BrN4O3. The van der Waals surface area contributed by atoms with Crippen LogP contribution < -0.4 is 15.5 Å². The van der Waals surface area contributed by atoms with E-state index in [1.54, 1.807) is 30.1 Å². The number of carbonyl (C=O) groups is 3. The molecule has 1 aliphatic heterocycles. The smallest absolute Gasteiger partial charge is 0.322 e. The van der Waals surface area contributed by atoms with Gasteiger partial charge in [0.2, 0.25) is 5.91 Å². The highest BCUT2D eigenvalue weighted by Crippen LogP contribution is 2.23. The molecule has 8 heteroatoms. The van der Waals surface area contributed by atoms with Crippen molar-refractivity contribution in [3.8, 4) is 0 Å². The molecule has 0 aliphatic carbocycles. The minimum absolute atomic E-state index is 0.0658. The molecule has 2 N–H and O–H groups in total. The number of benzene rings is 2. The van der Waals surface area contributed by atoms with E-state index in [1.807, 2.05) is 32.0 Å². The molecule has 2 aromatic rings. The lowest BCUT2D eigenvalue weighted by atomic mass is 10.1. The summed E-state index contributed by atoms with van der Waals surface area (Å²) in [5.41, 5.74) is 3.72. The zero-order valence-corrected chi connectivity index (χ0v) is 18.2. The molecule has 7 nitrogen and oxygen atoms in total. The van der Waals surface area contributed by atoms with Gasteiger partial charge in [0, 0.05) is 41.5 Å². The molecule has 2 aromatic carbocycles. The molecule has 152 valence electrons. The molecule has 0 atom stereocenters. The summed E-state index contributed by atoms with van der Waals surface area (Å²) >= 11 is 3.39. The monoisotopic (exact) mass is 458 g/mol. The van der Waals surface area contributed by atoms with Crippen molar-refractivity contribution in [2.75, 3.05) is 36.9 Å². The number of nitrogens with one attached hydrogen (secondary N) is 2. The number of nitrogens with zero attached hydrogens (tertiary/aromatic N) is 2. The Labute approximate surface area is 178 Å². The number of aryl methyl sites for hydroxylation is 2. The lowest BCUT2D eigenvalue weighted by molar-refractivity contribution is -0.116. The van der Waals surface area contributed by atoms with E-state index >= 15 is 0 Å². The molecule has 0 aromatic heterocycles. The Morgan fingerprint density at radius 1 is 1.17 bits per heavy atom. The molecule has 3 rings (SSSR count). The van der Waals surface area contributed by atoms with Gasteiger partial charge in [0.1, 0.15) is 0 Å². The van der Waals surface area contributed by atoms with Crippen LogP contribution in [0.1, 0.15) is 21.5 Å². The normalized spacial score (nSPS) is 13.2. The average Bonchev–Trinajstić information content (AvgIpc) is 3.09. The summed E-state index contributed by atoms with van der Waals surface area (Å²) in [5.74, 6) is -0.526. The van der Waals surface area contributed by atoms with E-state index < -0.39 is 0 Å². The van der Waals surface area contributed by atoms with Gasteiger partial charge >= 0.3 is 6.03 Å². The van der Waals surface area contributed by atoms with Crippen LogP contribution in [-0.2, 0) is 4.79 Å². The number of carbonyl (C=O) groups excluding carboxylic acids is 3. The molecule has 1 heterocycles. The Morgan fingerprint density at radius 2 is 1.93 bits per heavy atom. The Hall–Kier alpha value is -2.87. The third-order valence-corrected chi connectivity index (χ3v) is 5.27. The van der Waals surface area contributed by atoms with Crippen molar-refractivity contribution < 1.29 is 14.4 Å². The summed E-state index contributed by atoms with van der Waals surface area (Å²) < 4.78 is 0.936. The van der Waals surface area contributed by atoms with Gasteiger partial charge in [-0.1, -0.05) is 15.9 Å². The molecule has 0 saturated carbocycles. The molecule has 0 radical (unpaired) electrons. The number of amides is 4. The fourth-order valence-electron chi connectivity index (χ4n) is 3.26. The molecule has 1 saturated heterocycles. The quantitative estimate of drug-likeness (QED) is 0.720. The maximum Gasteiger partial charge on any atom is 0.322 e. The zero-order valence-electron chi connectivity index (χ0n) is 16.6. The summed E-state index contributed by atoms with van der Waals surface area (Å²) in [4.78, 5) is 40.0. The van der Waals surface area contributed by atoms with Crippen molar-refractivity contribution in [3.63, 3.8) is 0 Å². The van der Waals surface area contributed by atoms with Crippen LogP contribution in [0.4, 0.5) is 16.2 Å². The van der Waals surface area contributed by atoms with Gasteiger partial charge in [0.05, 0.1) is 6.54 Å². The fourth-order valence-corrected chi connectivity index (χ4v) is 3.73. The molecule has 29 heavy (non-hydrogen) atoms. The van der Waals surface area contributed by atoms with Crippen LogP contribution in [-0.4, -0.2) is 49.4 Å². The summed E-state index contributed by atoms with van der Waals surface area (Å²) in [6.45, 7) is 4.90. The summed E-state index contributed by atoms with van der Waals surface area (Å²) in [7, 11) is 1.59. The van der Waals surface area contributed by atoms with Gasteiger partial charge in [0.15, 0.2) is 0 Å². The van der Waals surface area contributed by atoms with E-state index in [-0.39, 0.29) is 24.4 Å². The molecule has 1 aliphatic rings. The first-order valence-corrected chi connectivity index (χ1v) is 10.0. The third kappa shape index (κ3) is 4.76. The minimum Gasteiger partial charge on any atom is -0.336 e. The Kier molecular flexibility index (Phi) is 6.22. The second kappa shape index (κ2) is 8.65. The maximum atomic E-state index is 12.7. The first-order chi connectivity index (χ1) is 13.8. The number of anilines is 2. The van der Waals surface area contributed by atoms with Gasteiger partial charge in [-0.3, -0.25) is 14.5 Å². The van der Waals surface area contributed by atoms with Crippen LogP contribution in [0, 0.1) is 13.8 Å². The minimum atomic E-state index is -0.270. The number of hydrogen-bond acceptors (Lipinski definition) is 3. The van der Waals surface area contributed by atoms with Gasteiger partial charge < -0.3 is 15.5 Å². The summed E-state index contributed by atoms with van der Waals surface area (Å²) in [6, 6.07) is 10.6. The highest BCUT2D eigenvalue weighted by atomic mass is 79.9. The third-order valence-electron chi connectivity index (χ3n) is 4.78. The fraction of sp³-hybridized carbons (Fsp3) is 0.286. The standard InChI is InChI=1S/C21H23BrN4O3/c1-13-11-16(22)5-6-17(13)24-19(27)12-25(3)20(28)15-4-7-18(14(2)10-15)26-9-8-23-21(26)29/h4-7,10-11H,8-9,12H2,1-3H3,(H,23,29)(H,24,27). The second-order valence-corrected chi connectivity index (χ2v) is 7.97. The van der Waals surface area contributed by atoms with Gasteiger partial charge in [0.25, 0.3) is 5.91 Å². The largest absolute Gasteiger partial charge is 0.336 e. The van der Waals surface area contributed by atoms with E-state index in [0.29, 0.717) is 24.3 Å². The first kappa shape index (κ1) is 20.9. The number of likely N-dealkylation sites (N-methyl/N-ethyl adjacent to an activating group) is 1. The molecular weight excluding hydrogens is 436 g/mol. The van der Waals surface area contributed by atoms with E-state index in [1.165, 1.54) is 4.90 Å². The van der Waals surface area contributed by atoms with Gasteiger partial charge in [-0.2, -0.15) is 0 Å². The highest BCUT2D eigenvalue weighted by molar-refractivity contribution is 9.10. The van der Waals surface area contributed by atoms with E-state index in [4.69, 9.17) is 0 Å². The number of rotatable bonds is 5. The zero-order chi connectivity index (χ0) is 21.1. The average molecular weight is 459 g/mol. The van der Waals surface area contributed by atoms with Gasteiger partial charge in [-0.15, -0.1) is 0 Å². The molecule has 4 amide bonds.